The lowest BCUT2D eigenvalue weighted by Gasteiger charge is -2.13. The van der Waals surface area contributed by atoms with Crippen LogP contribution in [0.15, 0.2) is 54.9 Å². The third-order valence-corrected chi connectivity index (χ3v) is 2.68. The summed E-state index contributed by atoms with van der Waals surface area (Å²) in [6.45, 7) is 1.90. The molecule has 18 heavy (non-hydrogen) atoms. The van der Waals surface area contributed by atoms with Gasteiger partial charge in [-0.05, 0) is 18.6 Å². The first-order valence-electron chi connectivity index (χ1n) is 5.71. The number of nitrogens with one attached hydrogen (secondary N) is 1. The molecule has 0 bridgehead atoms. The zero-order chi connectivity index (χ0) is 13.0. The third kappa shape index (κ3) is 2.85. The van der Waals surface area contributed by atoms with Crippen molar-refractivity contribution >= 4 is 5.91 Å². The highest BCUT2D eigenvalue weighted by Gasteiger charge is 2.12. The molecule has 0 aliphatic carbocycles. The van der Waals surface area contributed by atoms with Crippen LogP contribution in [0.3, 0.4) is 0 Å². The maximum atomic E-state index is 11.9. The molecule has 0 saturated carbocycles. The summed E-state index contributed by atoms with van der Waals surface area (Å²) in [6, 6.07) is 12.7. The summed E-state index contributed by atoms with van der Waals surface area (Å²) >= 11 is 0. The van der Waals surface area contributed by atoms with Gasteiger partial charge in [-0.25, -0.2) is 0 Å². The van der Waals surface area contributed by atoms with E-state index in [1.807, 2.05) is 37.3 Å². The second kappa shape index (κ2) is 5.31. The number of rotatable bonds is 3. The fourth-order valence-electron chi connectivity index (χ4n) is 1.69. The van der Waals surface area contributed by atoms with Crippen molar-refractivity contribution in [3.63, 3.8) is 0 Å². The molecule has 0 spiro atoms. The van der Waals surface area contributed by atoms with E-state index in [2.05, 4.69) is 5.32 Å². The minimum atomic E-state index is -0.253. The minimum absolute atomic E-state index is 0.0981. The number of hydrogen-bond acceptors (Lipinski definition) is 2. The Morgan fingerprint density at radius 1 is 1.22 bits per heavy atom. The van der Waals surface area contributed by atoms with E-state index in [1.54, 1.807) is 12.1 Å². The van der Waals surface area contributed by atoms with E-state index in [1.165, 1.54) is 12.4 Å². The normalized spacial score (nSPS) is 11.8. The SMILES string of the molecule is CC(NC(=O)c1ccc[n+]([O-])c1)c1ccccc1. The highest BCUT2D eigenvalue weighted by Crippen LogP contribution is 2.11. The van der Waals surface area contributed by atoms with Crippen molar-refractivity contribution in [2.75, 3.05) is 0 Å². The molecule has 0 aliphatic rings. The molecule has 0 fully saturated rings. The molecule has 1 atom stereocenters. The molecule has 92 valence electrons. The van der Waals surface area contributed by atoms with Crippen molar-refractivity contribution in [1.29, 1.82) is 0 Å². The predicted molar refractivity (Wildman–Crippen MR) is 67.7 cm³/mol. The third-order valence-electron chi connectivity index (χ3n) is 2.68. The Morgan fingerprint density at radius 3 is 2.61 bits per heavy atom. The molecule has 4 nitrogen and oxygen atoms in total. The number of pyridine rings is 1. The molecule has 0 saturated heterocycles. The van der Waals surface area contributed by atoms with E-state index in [-0.39, 0.29) is 11.9 Å². The molecule has 1 aromatic carbocycles. The van der Waals surface area contributed by atoms with Crippen LogP contribution in [0.5, 0.6) is 0 Å². The van der Waals surface area contributed by atoms with E-state index < -0.39 is 0 Å². The number of carbonyl (C=O) groups is 1. The van der Waals surface area contributed by atoms with Crippen LogP contribution in [-0.4, -0.2) is 5.91 Å². The van der Waals surface area contributed by atoms with Crippen LogP contribution in [0.25, 0.3) is 0 Å². The zero-order valence-corrected chi connectivity index (χ0v) is 10.0. The van der Waals surface area contributed by atoms with E-state index in [0.717, 1.165) is 5.56 Å². The predicted octanol–water partition coefficient (Wildman–Crippen LogP) is 1.81. The van der Waals surface area contributed by atoms with Crippen LogP contribution in [-0.2, 0) is 0 Å². The number of hydrogen-bond donors (Lipinski definition) is 1. The van der Waals surface area contributed by atoms with Gasteiger partial charge < -0.3 is 10.5 Å². The van der Waals surface area contributed by atoms with Crippen LogP contribution in [0.2, 0.25) is 0 Å². The average Bonchev–Trinajstić information content (AvgIpc) is 2.39. The fourth-order valence-corrected chi connectivity index (χ4v) is 1.69. The summed E-state index contributed by atoms with van der Waals surface area (Å²) in [7, 11) is 0. The van der Waals surface area contributed by atoms with Gasteiger partial charge in [-0.2, -0.15) is 4.73 Å². The maximum absolute atomic E-state index is 11.9. The van der Waals surface area contributed by atoms with E-state index in [9.17, 15) is 10.0 Å². The second-order valence-corrected chi connectivity index (χ2v) is 4.06. The molecular formula is C14H14N2O2. The molecule has 1 amide bonds. The van der Waals surface area contributed by atoms with Crippen molar-refractivity contribution in [3.8, 4) is 0 Å². The first-order chi connectivity index (χ1) is 8.66. The van der Waals surface area contributed by atoms with Crippen LogP contribution in [0.1, 0.15) is 28.9 Å². The van der Waals surface area contributed by atoms with Gasteiger partial charge in [0.15, 0.2) is 12.4 Å². The van der Waals surface area contributed by atoms with E-state index in [4.69, 9.17) is 0 Å². The van der Waals surface area contributed by atoms with E-state index >= 15 is 0 Å². The number of amides is 1. The molecular weight excluding hydrogens is 228 g/mol. The summed E-state index contributed by atoms with van der Waals surface area (Å²) in [5, 5.41) is 13.9. The number of benzene rings is 1. The molecule has 2 aromatic rings. The highest BCUT2D eigenvalue weighted by atomic mass is 16.5. The topological polar surface area (TPSA) is 56.0 Å². The Kier molecular flexibility index (Phi) is 3.57. The molecule has 1 N–H and O–H groups in total. The van der Waals surface area contributed by atoms with Gasteiger partial charge in [0.25, 0.3) is 5.91 Å². The summed E-state index contributed by atoms with van der Waals surface area (Å²) < 4.78 is 0.613. The molecule has 4 heteroatoms. The summed E-state index contributed by atoms with van der Waals surface area (Å²) in [5.41, 5.74) is 1.38. The van der Waals surface area contributed by atoms with E-state index in [0.29, 0.717) is 10.3 Å². The first kappa shape index (κ1) is 12.1. The first-order valence-corrected chi connectivity index (χ1v) is 5.71. The van der Waals surface area contributed by atoms with Gasteiger partial charge in [0, 0.05) is 6.07 Å². The van der Waals surface area contributed by atoms with Gasteiger partial charge in [-0.1, -0.05) is 30.3 Å². The Morgan fingerprint density at radius 2 is 1.94 bits per heavy atom. The van der Waals surface area contributed by atoms with Gasteiger partial charge in [0.05, 0.1) is 6.04 Å². The quantitative estimate of drug-likeness (QED) is 0.659. The summed E-state index contributed by atoms with van der Waals surface area (Å²) in [5.74, 6) is -0.253. The van der Waals surface area contributed by atoms with Crippen LogP contribution >= 0.6 is 0 Å². The van der Waals surface area contributed by atoms with Crippen LogP contribution in [0.4, 0.5) is 0 Å². The fraction of sp³-hybridized carbons (Fsp3) is 0.143. The largest absolute Gasteiger partial charge is 0.619 e. The molecule has 1 heterocycles. The second-order valence-electron chi connectivity index (χ2n) is 4.06. The number of aromatic nitrogens is 1. The summed E-state index contributed by atoms with van der Waals surface area (Å²) in [6.07, 6.45) is 2.60. The lowest BCUT2D eigenvalue weighted by Crippen LogP contribution is -2.31. The Bertz CT molecular complexity index is 541. The van der Waals surface area contributed by atoms with Gasteiger partial charge >= 0.3 is 0 Å². The molecule has 0 aliphatic heterocycles. The van der Waals surface area contributed by atoms with Crippen molar-refractivity contribution < 1.29 is 9.52 Å². The maximum Gasteiger partial charge on any atom is 0.257 e. The van der Waals surface area contributed by atoms with Crippen LogP contribution < -0.4 is 10.0 Å². The van der Waals surface area contributed by atoms with Gasteiger partial charge in [0.2, 0.25) is 0 Å². The van der Waals surface area contributed by atoms with Crippen LogP contribution in [0, 0.1) is 5.21 Å². The van der Waals surface area contributed by atoms with Crippen molar-refractivity contribution in [3.05, 3.63) is 71.2 Å². The van der Waals surface area contributed by atoms with Crippen molar-refractivity contribution in [2.24, 2.45) is 0 Å². The number of nitrogens with zero attached hydrogens (tertiary/aromatic N) is 1. The lowest BCUT2D eigenvalue weighted by atomic mass is 10.1. The lowest BCUT2D eigenvalue weighted by molar-refractivity contribution is -0.605. The van der Waals surface area contributed by atoms with Crippen molar-refractivity contribution in [1.82, 2.24) is 5.32 Å². The monoisotopic (exact) mass is 242 g/mol. The smallest absolute Gasteiger partial charge is 0.257 e. The molecule has 0 radical (unpaired) electrons. The Hall–Kier alpha value is -2.36. The van der Waals surface area contributed by atoms with Crippen molar-refractivity contribution in [2.45, 2.75) is 13.0 Å². The Balaban J connectivity index is 2.08. The van der Waals surface area contributed by atoms with Gasteiger partial charge in [-0.3, -0.25) is 4.79 Å². The highest BCUT2D eigenvalue weighted by molar-refractivity contribution is 5.93. The molecule has 2 rings (SSSR count). The average molecular weight is 242 g/mol. The Labute approximate surface area is 105 Å². The molecule has 1 unspecified atom stereocenters. The standard InChI is InChI=1S/C14H14N2O2/c1-11(12-6-3-2-4-7-12)15-14(17)13-8-5-9-16(18)10-13/h2-11H,1H3,(H,15,17). The van der Waals surface area contributed by atoms with Gasteiger partial charge in [-0.15, -0.1) is 0 Å². The minimum Gasteiger partial charge on any atom is -0.619 e. The molecule has 1 aromatic heterocycles. The number of carbonyl (C=O) groups excluding carboxylic acids is 1. The zero-order valence-electron chi connectivity index (χ0n) is 10.0. The van der Waals surface area contributed by atoms with Gasteiger partial charge in [0.1, 0.15) is 5.56 Å². The summed E-state index contributed by atoms with van der Waals surface area (Å²) in [4.78, 5) is 11.9.